The van der Waals surface area contributed by atoms with Crippen molar-refractivity contribution < 1.29 is 17.9 Å². The summed E-state index contributed by atoms with van der Waals surface area (Å²) >= 11 is 0. The predicted molar refractivity (Wildman–Crippen MR) is 97.7 cm³/mol. The van der Waals surface area contributed by atoms with E-state index in [4.69, 9.17) is 4.74 Å². The van der Waals surface area contributed by atoms with Crippen LogP contribution in [0.2, 0.25) is 0 Å². The Morgan fingerprint density at radius 3 is 2.68 bits per heavy atom. The van der Waals surface area contributed by atoms with Gasteiger partial charge in [0.15, 0.2) is 0 Å². The predicted octanol–water partition coefficient (Wildman–Crippen LogP) is 3.40. The normalized spacial score (nSPS) is 13.9. The van der Waals surface area contributed by atoms with Gasteiger partial charge < -0.3 is 4.74 Å². The lowest BCUT2D eigenvalue weighted by Crippen LogP contribution is -2.36. The number of carbonyl (C=O) groups excluding carboxylic acids is 1. The van der Waals surface area contributed by atoms with Crippen molar-refractivity contribution in [3.8, 4) is 5.75 Å². The third-order valence-corrected chi connectivity index (χ3v) is 5.84. The Morgan fingerprint density at radius 2 is 1.96 bits per heavy atom. The highest BCUT2D eigenvalue weighted by molar-refractivity contribution is 7.92. The second-order valence-corrected chi connectivity index (χ2v) is 7.93. The number of hydrogen-bond acceptors (Lipinski definition) is 4. The molecule has 0 unspecified atom stereocenters. The Kier molecular flexibility index (Phi) is 4.94. The van der Waals surface area contributed by atoms with Crippen molar-refractivity contribution in [3.63, 3.8) is 0 Å². The van der Waals surface area contributed by atoms with Crippen molar-refractivity contribution in [1.82, 2.24) is 0 Å². The molecular weight excluding hydrogens is 340 g/mol. The van der Waals surface area contributed by atoms with E-state index in [9.17, 15) is 13.2 Å². The van der Waals surface area contributed by atoms with Gasteiger partial charge in [-0.2, -0.15) is 0 Å². The zero-order valence-corrected chi connectivity index (χ0v) is 14.8. The maximum absolute atomic E-state index is 12.3. The summed E-state index contributed by atoms with van der Waals surface area (Å²) in [5, 5.41) is 2.65. The lowest BCUT2D eigenvalue weighted by atomic mass is 10.0. The second kappa shape index (κ2) is 7.14. The number of hydrogen-bond donors (Lipinski definition) is 1. The molecule has 0 radical (unpaired) electrons. The summed E-state index contributed by atoms with van der Waals surface area (Å²) in [5.41, 5.74) is 2.09. The zero-order chi connectivity index (χ0) is 17.9. The fourth-order valence-electron chi connectivity index (χ4n) is 2.80. The summed E-state index contributed by atoms with van der Waals surface area (Å²) < 4.78 is 31.2. The van der Waals surface area contributed by atoms with Gasteiger partial charge in [0.05, 0.1) is 11.4 Å². The summed E-state index contributed by atoms with van der Waals surface area (Å²) in [4.78, 5) is 12.0. The Morgan fingerprint density at radius 1 is 1.20 bits per heavy atom. The quantitative estimate of drug-likeness (QED) is 0.907. The Hall–Kier alpha value is -2.54. The average Bonchev–Trinajstić information content (AvgIpc) is 2.62. The monoisotopic (exact) mass is 360 g/mol. The van der Waals surface area contributed by atoms with Crippen LogP contribution in [-0.2, 0) is 16.4 Å². The molecule has 1 heterocycles. The topological polar surface area (TPSA) is 75.7 Å². The molecule has 0 aromatic heterocycles. The number of nitrogens with one attached hydrogen (secondary N) is 1. The van der Waals surface area contributed by atoms with Gasteiger partial charge in [-0.3, -0.25) is 9.62 Å². The van der Waals surface area contributed by atoms with Crippen LogP contribution in [0.15, 0.2) is 48.5 Å². The summed E-state index contributed by atoms with van der Waals surface area (Å²) in [6.45, 7) is 2.09. The van der Waals surface area contributed by atoms with Crippen LogP contribution in [0.3, 0.4) is 0 Å². The molecule has 1 aliphatic heterocycles. The molecule has 2 aromatic rings. The van der Waals surface area contributed by atoms with Crippen molar-refractivity contribution in [2.24, 2.45) is 0 Å². The third kappa shape index (κ3) is 3.93. The van der Waals surface area contributed by atoms with Crippen LogP contribution in [0, 0.1) is 0 Å². The number of ether oxygens (including phenoxy) is 1. The number of carbonyl (C=O) groups is 1. The number of fused-ring (bicyclic) bond motifs is 1. The van der Waals surface area contributed by atoms with Crippen molar-refractivity contribution >= 4 is 27.5 Å². The minimum atomic E-state index is -3.34. The third-order valence-electron chi connectivity index (χ3n) is 4.06. The molecule has 0 aliphatic carbocycles. The molecule has 0 spiro atoms. The zero-order valence-electron chi connectivity index (χ0n) is 13.9. The first kappa shape index (κ1) is 17.3. The summed E-state index contributed by atoms with van der Waals surface area (Å²) in [6, 6.07) is 14.0. The highest BCUT2D eigenvalue weighted by Crippen LogP contribution is 2.32. The summed E-state index contributed by atoms with van der Waals surface area (Å²) in [7, 11) is -3.34. The lowest BCUT2D eigenvalue weighted by Gasteiger charge is -2.30. The number of nitrogens with zero attached hydrogens (tertiary/aromatic N) is 1. The molecule has 6 nitrogen and oxygen atoms in total. The molecule has 3 rings (SSSR count). The van der Waals surface area contributed by atoms with E-state index in [2.05, 4.69) is 5.32 Å². The number of anilines is 2. The van der Waals surface area contributed by atoms with E-state index in [-0.39, 0.29) is 5.75 Å². The van der Waals surface area contributed by atoms with E-state index in [0.29, 0.717) is 23.7 Å². The SMILES string of the molecule is CCS(=O)(=O)N1CCCc2ccc(NC(=O)Oc3ccccc3)cc21. The number of sulfonamides is 1. The molecule has 0 fully saturated rings. The van der Waals surface area contributed by atoms with Crippen LogP contribution in [0.4, 0.5) is 16.2 Å². The van der Waals surface area contributed by atoms with Gasteiger partial charge in [0.1, 0.15) is 5.75 Å². The minimum Gasteiger partial charge on any atom is -0.410 e. The maximum Gasteiger partial charge on any atom is 0.417 e. The van der Waals surface area contributed by atoms with Gasteiger partial charge in [-0.25, -0.2) is 13.2 Å². The van der Waals surface area contributed by atoms with E-state index in [0.717, 1.165) is 18.4 Å². The fraction of sp³-hybridized carbons (Fsp3) is 0.278. The average molecular weight is 360 g/mol. The maximum atomic E-state index is 12.3. The van der Waals surface area contributed by atoms with Gasteiger partial charge >= 0.3 is 6.09 Å². The molecule has 1 amide bonds. The van der Waals surface area contributed by atoms with Crippen LogP contribution in [-0.4, -0.2) is 26.8 Å². The van der Waals surface area contributed by atoms with Crippen LogP contribution >= 0.6 is 0 Å². The van der Waals surface area contributed by atoms with E-state index < -0.39 is 16.1 Å². The largest absolute Gasteiger partial charge is 0.417 e. The first-order chi connectivity index (χ1) is 12.0. The number of rotatable bonds is 4. The van der Waals surface area contributed by atoms with Gasteiger partial charge in [0.25, 0.3) is 0 Å². The Labute approximate surface area is 147 Å². The fourth-order valence-corrected chi connectivity index (χ4v) is 3.99. The van der Waals surface area contributed by atoms with Gasteiger partial charge in [-0.05, 0) is 49.6 Å². The van der Waals surface area contributed by atoms with Gasteiger partial charge in [-0.1, -0.05) is 24.3 Å². The minimum absolute atomic E-state index is 0.0418. The highest BCUT2D eigenvalue weighted by Gasteiger charge is 2.26. The van der Waals surface area contributed by atoms with Gasteiger partial charge in [0, 0.05) is 12.2 Å². The molecule has 0 saturated heterocycles. The van der Waals surface area contributed by atoms with Crippen LogP contribution in [0.1, 0.15) is 18.9 Å². The Bertz CT molecular complexity index is 866. The smallest absolute Gasteiger partial charge is 0.410 e. The van der Waals surface area contributed by atoms with Crippen molar-refractivity contribution in [2.45, 2.75) is 19.8 Å². The molecule has 25 heavy (non-hydrogen) atoms. The van der Waals surface area contributed by atoms with Crippen LogP contribution < -0.4 is 14.4 Å². The van der Waals surface area contributed by atoms with Gasteiger partial charge in [-0.15, -0.1) is 0 Å². The van der Waals surface area contributed by atoms with Crippen molar-refractivity contribution in [3.05, 3.63) is 54.1 Å². The molecule has 1 aliphatic rings. The number of para-hydroxylation sites is 1. The number of amides is 1. The lowest BCUT2D eigenvalue weighted by molar-refractivity contribution is 0.215. The molecule has 7 heteroatoms. The van der Waals surface area contributed by atoms with Crippen LogP contribution in [0.25, 0.3) is 0 Å². The van der Waals surface area contributed by atoms with E-state index >= 15 is 0 Å². The van der Waals surface area contributed by atoms with E-state index in [1.54, 1.807) is 43.3 Å². The standard InChI is InChI=1S/C18H20N2O4S/c1-2-25(22,23)20-12-6-7-14-10-11-15(13-17(14)20)19-18(21)24-16-8-4-3-5-9-16/h3-5,8-11,13H,2,6-7,12H2,1H3,(H,19,21). The van der Waals surface area contributed by atoms with Crippen molar-refractivity contribution in [2.75, 3.05) is 21.9 Å². The molecule has 0 saturated carbocycles. The summed E-state index contributed by atoms with van der Waals surface area (Å²) in [5.74, 6) is 0.480. The molecule has 132 valence electrons. The molecular formula is C18H20N2O4S. The van der Waals surface area contributed by atoms with Crippen molar-refractivity contribution in [1.29, 1.82) is 0 Å². The first-order valence-corrected chi connectivity index (χ1v) is 9.78. The summed E-state index contributed by atoms with van der Waals surface area (Å²) in [6.07, 6.45) is 0.987. The second-order valence-electron chi connectivity index (χ2n) is 5.75. The van der Waals surface area contributed by atoms with Gasteiger partial charge in [0.2, 0.25) is 10.0 Å². The van der Waals surface area contributed by atoms with E-state index in [1.807, 2.05) is 12.1 Å². The number of aryl methyl sites for hydroxylation is 1. The number of benzene rings is 2. The molecule has 0 atom stereocenters. The van der Waals surface area contributed by atoms with E-state index in [1.165, 1.54) is 4.31 Å². The highest BCUT2D eigenvalue weighted by atomic mass is 32.2. The van der Waals surface area contributed by atoms with Crippen LogP contribution in [0.5, 0.6) is 5.75 Å². The Balaban J connectivity index is 1.80. The molecule has 0 bridgehead atoms. The molecule has 2 aromatic carbocycles. The first-order valence-electron chi connectivity index (χ1n) is 8.17. The molecule has 1 N–H and O–H groups in total.